The highest BCUT2D eigenvalue weighted by molar-refractivity contribution is 7.49. The SMILES string of the molecule is C[Si](C)(C)CCOP(=O)(OCC[Si](C)(C)C)Oc1cc(Cl)c(Cl)cc1COC(=O)Nc1cccnc1C=Cc1ccccc1. The summed E-state index contributed by atoms with van der Waals surface area (Å²) in [5.74, 6) is 0.0874. The molecule has 0 fully saturated rings. The van der Waals surface area contributed by atoms with E-state index in [0.29, 0.717) is 16.9 Å². The van der Waals surface area contributed by atoms with Crippen molar-refractivity contribution < 1.29 is 27.7 Å². The molecule has 44 heavy (non-hydrogen) atoms. The summed E-state index contributed by atoms with van der Waals surface area (Å²) in [4.78, 5) is 17.2. The number of hydrogen-bond donors (Lipinski definition) is 1. The molecule has 1 amide bonds. The second-order valence-electron chi connectivity index (χ2n) is 12.6. The first-order chi connectivity index (χ1) is 20.6. The van der Waals surface area contributed by atoms with Crippen molar-refractivity contribution in [2.45, 2.75) is 58.0 Å². The third-order valence-electron chi connectivity index (χ3n) is 6.18. The fourth-order valence-corrected chi connectivity index (χ4v) is 6.92. The molecule has 0 aliphatic rings. The first kappa shape index (κ1) is 36.0. The van der Waals surface area contributed by atoms with Crippen molar-refractivity contribution in [2.24, 2.45) is 0 Å². The fraction of sp³-hybridized carbons (Fsp3) is 0.355. The Balaban J connectivity index is 1.75. The van der Waals surface area contributed by atoms with E-state index in [2.05, 4.69) is 49.6 Å². The van der Waals surface area contributed by atoms with Crippen LogP contribution in [0, 0.1) is 0 Å². The lowest BCUT2D eigenvalue weighted by Crippen LogP contribution is -2.23. The highest BCUT2D eigenvalue weighted by Crippen LogP contribution is 2.51. The summed E-state index contributed by atoms with van der Waals surface area (Å²) in [6, 6.07) is 17.6. The lowest BCUT2D eigenvalue weighted by molar-refractivity contribution is 0.151. The van der Waals surface area contributed by atoms with Gasteiger partial charge in [-0.2, -0.15) is 0 Å². The van der Waals surface area contributed by atoms with E-state index >= 15 is 0 Å². The number of benzene rings is 2. The number of carbonyl (C=O) groups is 1. The molecule has 13 heteroatoms. The van der Waals surface area contributed by atoms with Gasteiger partial charge in [-0.15, -0.1) is 0 Å². The zero-order chi connectivity index (χ0) is 32.4. The minimum absolute atomic E-state index is 0.0874. The lowest BCUT2D eigenvalue weighted by Gasteiger charge is -2.23. The standard InChI is InChI=1S/C31H41Cl2N2O6PSi2/c1-43(2,3)19-17-39-42(37,40-18-20-44(4,5)6)41-30-22-27(33)26(32)21-25(30)23-38-31(36)35-29-13-10-16-34-28(29)15-14-24-11-8-7-9-12-24/h7-16,21-22H,17-20,23H2,1-6H3,(H,35,36). The number of halogens is 2. The van der Waals surface area contributed by atoms with Gasteiger partial charge in [-0.25, -0.2) is 9.36 Å². The number of ether oxygens (including phenoxy) is 1. The van der Waals surface area contributed by atoms with Gasteiger partial charge in [-0.3, -0.25) is 19.3 Å². The molecule has 0 radical (unpaired) electrons. The van der Waals surface area contributed by atoms with E-state index in [0.717, 1.165) is 17.7 Å². The maximum Gasteiger partial charge on any atom is 0.530 e. The molecule has 0 spiro atoms. The van der Waals surface area contributed by atoms with Crippen LogP contribution in [-0.4, -0.2) is 40.4 Å². The second-order valence-corrected chi connectivity index (χ2v) is 26.2. The van der Waals surface area contributed by atoms with E-state index in [1.165, 1.54) is 12.1 Å². The van der Waals surface area contributed by atoms with Crippen molar-refractivity contribution in [3.8, 4) is 5.75 Å². The Morgan fingerprint density at radius 3 is 2.11 bits per heavy atom. The number of nitrogens with zero attached hydrogens (tertiary/aromatic N) is 1. The molecule has 0 unspecified atom stereocenters. The number of phosphoric acid groups is 1. The minimum Gasteiger partial charge on any atom is -0.444 e. The summed E-state index contributed by atoms with van der Waals surface area (Å²) >= 11 is 12.6. The Bertz CT molecular complexity index is 1460. The molecule has 2 aromatic carbocycles. The van der Waals surface area contributed by atoms with Crippen molar-refractivity contribution in [3.05, 3.63) is 87.7 Å². The Hall–Kier alpha value is -2.44. The summed E-state index contributed by atoms with van der Waals surface area (Å²) < 4.78 is 36.8. The maximum atomic E-state index is 13.8. The van der Waals surface area contributed by atoms with E-state index in [4.69, 9.17) is 41.5 Å². The van der Waals surface area contributed by atoms with Gasteiger partial charge in [0.25, 0.3) is 0 Å². The molecule has 8 nitrogen and oxygen atoms in total. The van der Waals surface area contributed by atoms with E-state index in [-0.39, 0.29) is 35.6 Å². The van der Waals surface area contributed by atoms with Gasteiger partial charge in [-0.05, 0) is 41.9 Å². The fourth-order valence-electron chi connectivity index (χ4n) is 3.59. The number of nitrogens with one attached hydrogen (secondary N) is 1. The molecule has 3 aromatic rings. The first-order valence-electron chi connectivity index (χ1n) is 14.3. The quantitative estimate of drug-likeness (QED) is 0.125. The molecule has 0 aliphatic heterocycles. The summed E-state index contributed by atoms with van der Waals surface area (Å²) in [6.45, 7) is 13.4. The van der Waals surface area contributed by atoms with Crippen LogP contribution < -0.4 is 9.84 Å². The van der Waals surface area contributed by atoms with Crippen molar-refractivity contribution >= 4 is 71.1 Å². The Morgan fingerprint density at radius 2 is 1.50 bits per heavy atom. The van der Waals surface area contributed by atoms with Gasteiger partial charge < -0.3 is 9.26 Å². The highest BCUT2D eigenvalue weighted by atomic mass is 35.5. The topological polar surface area (TPSA) is 96.0 Å². The molecular formula is C31H41Cl2N2O6PSi2. The third-order valence-corrected chi connectivity index (χ3v) is 11.7. The third kappa shape index (κ3) is 12.9. The summed E-state index contributed by atoms with van der Waals surface area (Å²) in [5, 5.41) is 3.12. The Morgan fingerprint density at radius 1 is 0.886 bits per heavy atom. The molecule has 0 aliphatic carbocycles. The number of phosphoric ester groups is 1. The lowest BCUT2D eigenvalue weighted by atomic mass is 10.2. The van der Waals surface area contributed by atoms with Gasteiger partial charge in [0.05, 0.1) is 34.6 Å². The van der Waals surface area contributed by atoms with E-state index < -0.39 is 30.1 Å². The summed E-state index contributed by atoms with van der Waals surface area (Å²) in [5.41, 5.74) is 2.35. The van der Waals surface area contributed by atoms with Crippen LogP contribution in [0.4, 0.5) is 10.5 Å². The second kappa shape index (κ2) is 16.2. The molecule has 0 saturated heterocycles. The van der Waals surface area contributed by atoms with Gasteiger partial charge in [-0.1, -0.05) is 98.9 Å². The predicted molar refractivity (Wildman–Crippen MR) is 186 cm³/mol. The number of amides is 1. The van der Waals surface area contributed by atoms with Crippen LogP contribution in [-0.2, 0) is 25.0 Å². The first-order valence-corrected chi connectivity index (χ1v) is 23.9. The molecule has 0 atom stereocenters. The van der Waals surface area contributed by atoms with E-state index in [1.54, 1.807) is 24.4 Å². The van der Waals surface area contributed by atoms with Gasteiger partial charge in [0, 0.05) is 34.0 Å². The van der Waals surface area contributed by atoms with Crippen molar-refractivity contribution in [1.82, 2.24) is 4.98 Å². The van der Waals surface area contributed by atoms with Crippen LogP contribution in [0.5, 0.6) is 5.75 Å². The number of pyridine rings is 1. The van der Waals surface area contributed by atoms with Gasteiger partial charge in [0.15, 0.2) is 0 Å². The Kier molecular flexibility index (Phi) is 13.3. The average Bonchev–Trinajstić information content (AvgIpc) is 2.93. The highest BCUT2D eigenvalue weighted by Gasteiger charge is 2.32. The molecule has 0 bridgehead atoms. The number of carbonyl (C=O) groups excluding carboxylic acids is 1. The maximum absolute atomic E-state index is 13.8. The number of rotatable bonds is 15. The zero-order valence-corrected chi connectivity index (χ0v) is 30.5. The van der Waals surface area contributed by atoms with Gasteiger partial charge in [0.1, 0.15) is 12.4 Å². The molecule has 1 N–H and O–H groups in total. The van der Waals surface area contributed by atoms with Crippen LogP contribution in [0.1, 0.15) is 16.8 Å². The van der Waals surface area contributed by atoms with Crippen molar-refractivity contribution in [1.29, 1.82) is 0 Å². The number of anilines is 1. The zero-order valence-electron chi connectivity index (χ0n) is 26.1. The van der Waals surface area contributed by atoms with Gasteiger partial charge in [0.2, 0.25) is 0 Å². The summed E-state index contributed by atoms with van der Waals surface area (Å²) in [6.07, 6.45) is 4.60. The molecule has 0 saturated carbocycles. The van der Waals surface area contributed by atoms with Crippen LogP contribution in [0.3, 0.4) is 0 Å². The monoisotopic (exact) mass is 694 g/mol. The van der Waals surface area contributed by atoms with Gasteiger partial charge >= 0.3 is 13.9 Å². The van der Waals surface area contributed by atoms with Crippen molar-refractivity contribution in [3.63, 3.8) is 0 Å². The van der Waals surface area contributed by atoms with E-state index in [9.17, 15) is 9.36 Å². The molecule has 1 aromatic heterocycles. The number of hydrogen-bond acceptors (Lipinski definition) is 7. The van der Waals surface area contributed by atoms with Crippen LogP contribution in [0.25, 0.3) is 12.2 Å². The van der Waals surface area contributed by atoms with Crippen LogP contribution >= 0.6 is 31.0 Å². The molecule has 1 heterocycles. The summed E-state index contributed by atoms with van der Waals surface area (Å²) in [7, 11) is -7.01. The minimum atomic E-state index is -4.05. The molecule has 238 valence electrons. The van der Waals surface area contributed by atoms with Crippen LogP contribution in [0.2, 0.25) is 61.4 Å². The van der Waals surface area contributed by atoms with Crippen LogP contribution in [0.15, 0.2) is 60.8 Å². The molecule has 3 rings (SSSR count). The van der Waals surface area contributed by atoms with E-state index in [1.807, 2.05) is 36.4 Å². The molecular weight excluding hydrogens is 654 g/mol. The predicted octanol–water partition coefficient (Wildman–Crippen LogP) is 10.5. The number of aromatic nitrogens is 1. The smallest absolute Gasteiger partial charge is 0.444 e. The van der Waals surface area contributed by atoms with Crippen molar-refractivity contribution in [2.75, 3.05) is 18.5 Å². The Labute approximate surface area is 272 Å². The average molecular weight is 696 g/mol. The largest absolute Gasteiger partial charge is 0.530 e. The normalized spacial score (nSPS) is 12.4.